The van der Waals surface area contributed by atoms with E-state index in [0.29, 0.717) is 17.0 Å². The summed E-state index contributed by atoms with van der Waals surface area (Å²) in [6.07, 6.45) is 0. The number of nitriles is 1. The third-order valence-electron chi connectivity index (χ3n) is 2.42. The van der Waals surface area contributed by atoms with Gasteiger partial charge in [-0.1, -0.05) is 0 Å². The van der Waals surface area contributed by atoms with Crippen molar-refractivity contribution in [2.75, 3.05) is 12.8 Å². The van der Waals surface area contributed by atoms with Crippen molar-refractivity contribution in [3.05, 3.63) is 35.5 Å². The second kappa shape index (κ2) is 5.10. The average Bonchev–Trinajstić information content (AvgIpc) is 2.77. The van der Waals surface area contributed by atoms with Gasteiger partial charge >= 0.3 is 0 Å². The molecule has 2 rings (SSSR count). The molecule has 0 amide bonds. The second-order valence-corrected chi connectivity index (χ2v) is 3.54. The number of nitrogens with zero attached hydrogens (tertiary/aromatic N) is 2. The fraction of sp³-hybridized carbons (Fsp3) is 0.167. The first-order chi connectivity index (χ1) is 8.74. The number of nitrogens with one attached hydrogen (secondary N) is 1. The maximum absolute atomic E-state index is 8.89. The minimum atomic E-state index is 0.186. The smallest absolute Gasteiger partial charge is 0.163 e. The zero-order valence-corrected chi connectivity index (χ0v) is 9.80. The molecule has 0 aliphatic heterocycles. The van der Waals surface area contributed by atoms with E-state index in [4.69, 9.17) is 20.5 Å². The standard InChI is InChI=1S/C12H12N4O2/c1-17-8-2-4-9(5-3-8)18-7-11-10(6-13)12(14)16-15-11/h2-5H,7H2,1H3,(H3,14,15,16). The summed E-state index contributed by atoms with van der Waals surface area (Å²) < 4.78 is 10.6. The van der Waals surface area contributed by atoms with Gasteiger partial charge in [0.1, 0.15) is 29.7 Å². The van der Waals surface area contributed by atoms with Crippen LogP contribution in [0.3, 0.4) is 0 Å². The Labute approximate surface area is 104 Å². The van der Waals surface area contributed by atoms with E-state index < -0.39 is 0 Å². The van der Waals surface area contributed by atoms with E-state index in [1.165, 1.54) is 0 Å². The molecule has 0 saturated heterocycles. The van der Waals surface area contributed by atoms with Crippen LogP contribution in [0, 0.1) is 11.3 Å². The van der Waals surface area contributed by atoms with E-state index in [-0.39, 0.29) is 12.4 Å². The van der Waals surface area contributed by atoms with Gasteiger partial charge in [-0.2, -0.15) is 10.4 Å². The SMILES string of the molecule is COc1ccc(OCc2[nH]nc(N)c2C#N)cc1. The molecule has 0 unspecified atom stereocenters. The molecule has 92 valence electrons. The molecule has 6 heteroatoms. The fourth-order valence-corrected chi connectivity index (χ4v) is 1.45. The summed E-state index contributed by atoms with van der Waals surface area (Å²) in [4.78, 5) is 0. The molecule has 0 bridgehead atoms. The Morgan fingerprint density at radius 2 is 2.00 bits per heavy atom. The van der Waals surface area contributed by atoms with Crippen LogP contribution in [0.25, 0.3) is 0 Å². The molecule has 1 heterocycles. The third kappa shape index (κ3) is 2.35. The van der Waals surface area contributed by atoms with E-state index >= 15 is 0 Å². The Kier molecular flexibility index (Phi) is 3.34. The number of hydrogen-bond donors (Lipinski definition) is 2. The minimum absolute atomic E-state index is 0.186. The van der Waals surface area contributed by atoms with Crippen LogP contribution in [0.5, 0.6) is 11.5 Å². The molecule has 0 aliphatic carbocycles. The number of anilines is 1. The monoisotopic (exact) mass is 244 g/mol. The molecule has 6 nitrogen and oxygen atoms in total. The Hall–Kier alpha value is -2.68. The highest BCUT2D eigenvalue weighted by molar-refractivity contribution is 5.50. The van der Waals surface area contributed by atoms with E-state index in [1.807, 2.05) is 6.07 Å². The number of methoxy groups -OCH3 is 1. The second-order valence-electron chi connectivity index (χ2n) is 3.54. The number of H-pyrrole nitrogens is 1. The predicted molar refractivity (Wildman–Crippen MR) is 65.0 cm³/mol. The molecule has 0 saturated carbocycles. The molecule has 0 aliphatic rings. The summed E-state index contributed by atoms with van der Waals surface area (Å²) >= 11 is 0. The zero-order chi connectivity index (χ0) is 13.0. The molecular formula is C12H12N4O2. The maximum Gasteiger partial charge on any atom is 0.163 e. The summed E-state index contributed by atoms with van der Waals surface area (Å²) in [6.45, 7) is 0.208. The van der Waals surface area contributed by atoms with Crippen molar-refractivity contribution in [3.8, 4) is 17.6 Å². The van der Waals surface area contributed by atoms with Crippen molar-refractivity contribution in [2.24, 2.45) is 0 Å². The van der Waals surface area contributed by atoms with Gasteiger partial charge in [0, 0.05) is 0 Å². The number of rotatable bonds is 4. The molecular weight excluding hydrogens is 232 g/mol. The van der Waals surface area contributed by atoms with E-state index in [2.05, 4.69) is 10.2 Å². The van der Waals surface area contributed by atoms with Gasteiger partial charge in [-0.25, -0.2) is 0 Å². The van der Waals surface area contributed by atoms with Crippen LogP contribution in [-0.4, -0.2) is 17.3 Å². The van der Waals surface area contributed by atoms with Crippen LogP contribution in [0.4, 0.5) is 5.82 Å². The predicted octanol–water partition coefficient (Wildman–Crippen LogP) is 1.45. The van der Waals surface area contributed by atoms with Crippen molar-refractivity contribution < 1.29 is 9.47 Å². The summed E-state index contributed by atoms with van der Waals surface area (Å²) in [7, 11) is 1.60. The molecule has 0 spiro atoms. The molecule has 0 radical (unpaired) electrons. The number of aromatic amines is 1. The average molecular weight is 244 g/mol. The first kappa shape index (κ1) is 11.8. The van der Waals surface area contributed by atoms with E-state index in [0.717, 1.165) is 5.75 Å². The van der Waals surface area contributed by atoms with Crippen LogP contribution >= 0.6 is 0 Å². The lowest BCUT2D eigenvalue weighted by Crippen LogP contribution is -1.98. The number of hydrogen-bond acceptors (Lipinski definition) is 5. The summed E-state index contributed by atoms with van der Waals surface area (Å²) in [6, 6.07) is 9.13. The maximum atomic E-state index is 8.89. The minimum Gasteiger partial charge on any atom is -0.497 e. The number of nitrogens with two attached hydrogens (primary N) is 1. The van der Waals surface area contributed by atoms with Crippen molar-refractivity contribution in [1.29, 1.82) is 5.26 Å². The quantitative estimate of drug-likeness (QED) is 0.848. The van der Waals surface area contributed by atoms with Crippen molar-refractivity contribution in [3.63, 3.8) is 0 Å². The van der Waals surface area contributed by atoms with Crippen molar-refractivity contribution >= 4 is 5.82 Å². The van der Waals surface area contributed by atoms with Crippen LogP contribution in [0.1, 0.15) is 11.3 Å². The van der Waals surface area contributed by atoms with Crippen LogP contribution in [0.2, 0.25) is 0 Å². The summed E-state index contributed by atoms with van der Waals surface area (Å²) in [5, 5.41) is 15.3. The van der Waals surface area contributed by atoms with Gasteiger partial charge < -0.3 is 15.2 Å². The van der Waals surface area contributed by atoms with Gasteiger partial charge in [0.25, 0.3) is 0 Å². The Bertz CT molecular complexity index is 569. The fourth-order valence-electron chi connectivity index (χ4n) is 1.45. The lowest BCUT2D eigenvalue weighted by atomic mass is 10.2. The largest absolute Gasteiger partial charge is 0.497 e. The zero-order valence-electron chi connectivity index (χ0n) is 9.80. The highest BCUT2D eigenvalue weighted by Gasteiger charge is 2.10. The number of nitrogen functional groups attached to an aromatic ring is 1. The normalized spacial score (nSPS) is 9.78. The molecule has 1 aromatic carbocycles. The van der Waals surface area contributed by atoms with Crippen molar-refractivity contribution in [2.45, 2.75) is 6.61 Å². The topological polar surface area (TPSA) is 96.9 Å². The third-order valence-corrected chi connectivity index (χ3v) is 2.42. The van der Waals surface area contributed by atoms with Crippen LogP contribution < -0.4 is 15.2 Å². The number of aromatic nitrogens is 2. The lowest BCUT2D eigenvalue weighted by Gasteiger charge is -2.05. The summed E-state index contributed by atoms with van der Waals surface area (Å²) in [5.74, 6) is 1.62. The summed E-state index contributed by atoms with van der Waals surface area (Å²) in [5.41, 5.74) is 6.41. The van der Waals surface area contributed by atoms with Gasteiger partial charge in [0.2, 0.25) is 0 Å². The molecule has 1 aromatic heterocycles. The molecule has 3 N–H and O–H groups in total. The Morgan fingerprint density at radius 3 is 2.61 bits per heavy atom. The first-order valence-corrected chi connectivity index (χ1v) is 5.24. The number of ether oxygens (including phenoxy) is 2. The van der Waals surface area contributed by atoms with E-state index in [1.54, 1.807) is 31.4 Å². The van der Waals surface area contributed by atoms with Crippen LogP contribution in [0.15, 0.2) is 24.3 Å². The molecule has 18 heavy (non-hydrogen) atoms. The molecule has 0 atom stereocenters. The highest BCUT2D eigenvalue weighted by Crippen LogP contribution is 2.19. The number of benzene rings is 1. The van der Waals surface area contributed by atoms with Gasteiger partial charge in [-0.3, -0.25) is 5.10 Å². The van der Waals surface area contributed by atoms with Gasteiger partial charge in [0.05, 0.1) is 12.8 Å². The first-order valence-electron chi connectivity index (χ1n) is 5.24. The van der Waals surface area contributed by atoms with Gasteiger partial charge in [0.15, 0.2) is 5.82 Å². The Morgan fingerprint density at radius 1 is 1.33 bits per heavy atom. The van der Waals surface area contributed by atoms with Crippen molar-refractivity contribution in [1.82, 2.24) is 10.2 Å². The molecule has 0 fully saturated rings. The molecule has 2 aromatic rings. The van der Waals surface area contributed by atoms with Gasteiger partial charge in [-0.15, -0.1) is 0 Å². The van der Waals surface area contributed by atoms with Gasteiger partial charge in [-0.05, 0) is 24.3 Å². The lowest BCUT2D eigenvalue weighted by molar-refractivity contribution is 0.300. The van der Waals surface area contributed by atoms with Crippen LogP contribution in [-0.2, 0) is 6.61 Å². The Balaban J connectivity index is 2.04. The highest BCUT2D eigenvalue weighted by atomic mass is 16.5. The van der Waals surface area contributed by atoms with E-state index in [9.17, 15) is 0 Å².